The van der Waals surface area contributed by atoms with E-state index in [1.54, 1.807) is 0 Å². The molecule has 31 heavy (non-hydrogen) atoms. The van der Waals surface area contributed by atoms with Gasteiger partial charge in [-0.05, 0) is 43.2 Å². The monoisotopic (exact) mass is 434 g/mol. The molecule has 1 fully saturated rings. The highest BCUT2D eigenvalue weighted by atomic mass is 32.2. The highest BCUT2D eigenvalue weighted by Gasteiger charge is 2.26. The van der Waals surface area contributed by atoms with Crippen molar-refractivity contribution in [3.05, 3.63) is 77.6 Å². The van der Waals surface area contributed by atoms with Gasteiger partial charge in [0.15, 0.2) is 5.16 Å². The lowest BCUT2D eigenvalue weighted by atomic mass is 9.92. The molecule has 1 amide bonds. The molecule has 5 nitrogen and oxygen atoms in total. The first kappa shape index (κ1) is 21.6. The molecule has 3 aromatic rings. The van der Waals surface area contributed by atoms with Crippen molar-refractivity contribution in [1.29, 1.82) is 0 Å². The van der Waals surface area contributed by atoms with Crippen molar-refractivity contribution in [2.75, 3.05) is 5.75 Å². The summed E-state index contributed by atoms with van der Waals surface area (Å²) in [6, 6.07) is 20.9. The van der Waals surface area contributed by atoms with E-state index in [9.17, 15) is 4.79 Å². The average molecular weight is 435 g/mol. The molecule has 0 bridgehead atoms. The Labute approximate surface area is 188 Å². The minimum absolute atomic E-state index is 0.0738. The maximum absolute atomic E-state index is 12.9. The maximum Gasteiger partial charge on any atom is 0.230 e. The fourth-order valence-corrected chi connectivity index (χ4v) is 5.15. The first-order valence-electron chi connectivity index (χ1n) is 11.1. The van der Waals surface area contributed by atoms with Crippen LogP contribution in [0.2, 0.25) is 0 Å². The van der Waals surface area contributed by atoms with Crippen LogP contribution >= 0.6 is 11.8 Å². The molecule has 1 N–H and O–H groups in total. The lowest BCUT2D eigenvalue weighted by Gasteiger charge is -2.25. The number of thioether (sulfide) groups is 1. The molecule has 1 aliphatic carbocycles. The highest BCUT2D eigenvalue weighted by Crippen LogP contribution is 2.29. The first-order chi connectivity index (χ1) is 15.2. The van der Waals surface area contributed by atoms with Crippen molar-refractivity contribution in [2.24, 2.45) is 5.92 Å². The summed E-state index contributed by atoms with van der Waals surface area (Å²) in [7, 11) is 0. The number of aromatic nitrogens is 3. The van der Waals surface area contributed by atoms with Gasteiger partial charge in [0, 0.05) is 6.04 Å². The van der Waals surface area contributed by atoms with E-state index in [2.05, 4.69) is 56.5 Å². The summed E-state index contributed by atoms with van der Waals surface area (Å²) in [6.07, 6.45) is 5.83. The number of rotatable bonds is 9. The summed E-state index contributed by atoms with van der Waals surface area (Å²) in [4.78, 5) is 12.9. The zero-order chi connectivity index (χ0) is 21.5. The smallest absolute Gasteiger partial charge is 0.230 e. The average Bonchev–Trinajstić information content (AvgIpc) is 3.44. The van der Waals surface area contributed by atoms with Crippen LogP contribution < -0.4 is 5.32 Å². The molecule has 1 aromatic heterocycles. The normalized spacial score (nSPS) is 15.1. The molecule has 1 atom stereocenters. The van der Waals surface area contributed by atoms with Gasteiger partial charge in [-0.3, -0.25) is 4.79 Å². The number of hydrogen-bond donors (Lipinski definition) is 1. The molecule has 4 rings (SSSR count). The number of carbonyl (C=O) groups is 1. The second-order valence-corrected chi connectivity index (χ2v) is 9.24. The van der Waals surface area contributed by atoms with E-state index >= 15 is 0 Å². The predicted molar refractivity (Wildman–Crippen MR) is 125 cm³/mol. The van der Waals surface area contributed by atoms with Crippen molar-refractivity contribution in [1.82, 2.24) is 20.1 Å². The lowest BCUT2D eigenvalue weighted by molar-refractivity contribution is -0.119. The Morgan fingerprint density at radius 3 is 2.35 bits per heavy atom. The summed E-state index contributed by atoms with van der Waals surface area (Å²) in [5.41, 5.74) is 2.48. The van der Waals surface area contributed by atoms with Crippen molar-refractivity contribution in [3.63, 3.8) is 0 Å². The van der Waals surface area contributed by atoms with Crippen LogP contribution in [0.1, 0.15) is 42.6 Å². The summed E-state index contributed by atoms with van der Waals surface area (Å²) < 4.78 is 2.08. The Morgan fingerprint density at radius 2 is 1.68 bits per heavy atom. The van der Waals surface area contributed by atoms with E-state index in [1.165, 1.54) is 48.6 Å². The van der Waals surface area contributed by atoms with Crippen LogP contribution in [0.3, 0.4) is 0 Å². The maximum atomic E-state index is 12.9. The summed E-state index contributed by atoms with van der Waals surface area (Å²) in [5, 5.41) is 12.7. The van der Waals surface area contributed by atoms with Crippen LogP contribution in [0.25, 0.3) is 0 Å². The molecule has 1 aliphatic rings. The number of aryl methyl sites for hydroxylation is 1. The Bertz CT molecular complexity index is 968. The van der Waals surface area contributed by atoms with Crippen LogP contribution in [0.5, 0.6) is 0 Å². The number of carbonyl (C=O) groups excluding carboxylic acids is 1. The fraction of sp³-hybridized carbons (Fsp3) is 0.400. The van der Waals surface area contributed by atoms with E-state index in [1.807, 2.05) is 31.2 Å². The standard InChI is InChI=1S/C25H30N4OS/c1-19-27-28-25(29(19)17-21-12-6-3-7-13-21)31-18-24(30)26-23(22-14-8-9-15-22)16-20-10-4-2-5-11-20/h2-7,10-13,22-23H,8-9,14-18H2,1H3,(H,26,30). The van der Waals surface area contributed by atoms with Gasteiger partial charge in [0.2, 0.25) is 5.91 Å². The third kappa shape index (κ3) is 5.97. The van der Waals surface area contributed by atoms with E-state index in [-0.39, 0.29) is 11.9 Å². The summed E-state index contributed by atoms with van der Waals surface area (Å²) >= 11 is 1.46. The zero-order valence-corrected chi connectivity index (χ0v) is 18.9. The zero-order valence-electron chi connectivity index (χ0n) is 18.0. The molecule has 162 valence electrons. The second kappa shape index (κ2) is 10.6. The lowest BCUT2D eigenvalue weighted by Crippen LogP contribution is -2.42. The Morgan fingerprint density at radius 1 is 1.03 bits per heavy atom. The molecule has 0 spiro atoms. The highest BCUT2D eigenvalue weighted by molar-refractivity contribution is 7.99. The molecular formula is C25H30N4OS. The second-order valence-electron chi connectivity index (χ2n) is 8.30. The number of hydrogen-bond acceptors (Lipinski definition) is 4. The summed E-state index contributed by atoms with van der Waals surface area (Å²) in [6.45, 7) is 2.67. The Hall–Kier alpha value is -2.60. The van der Waals surface area contributed by atoms with Gasteiger partial charge in [-0.2, -0.15) is 0 Å². The predicted octanol–water partition coefficient (Wildman–Crippen LogP) is 4.64. The third-order valence-corrected chi connectivity index (χ3v) is 7.00. The van der Waals surface area contributed by atoms with E-state index in [0.29, 0.717) is 18.2 Å². The van der Waals surface area contributed by atoms with Gasteiger partial charge in [-0.1, -0.05) is 85.3 Å². The molecule has 6 heteroatoms. The molecule has 0 radical (unpaired) electrons. The third-order valence-electron chi connectivity index (χ3n) is 6.03. The molecule has 0 saturated heterocycles. The van der Waals surface area contributed by atoms with Crippen LogP contribution in [0, 0.1) is 12.8 Å². The van der Waals surface area contributed by atoms with Gasteiger partial charge in [0.05, 0.1) is 12.3 Å². The van der Waals surface area contributed by atoms with Crippen LogP contribution in [-0.4, -0.2) is 32.5 Å². The quantitative estimate of drug-likeness (QED) is 0.498. The van der Waals surface area contributed by atoms with Gasteiger partial charge in [-0.15, -0.1) is 10.2 Å². The largest absolute Gasteiger partial charge is 0.352 e. The van der Waals surface area contributed by atoms with E-state index < -0.39 is 0 Å². The first-order valence-corrected chi connectivity index (χ1v) is 12.1. The van der Waals surface area contributed by atoms with Gasteiger partial charge >= 0.3 is 0 Å². The van der Waals surface area contributed by atoms with Crippen molar-refractivity contribution in [2.45, 2.75) is 56.8 Å². The molecule has 0 aliphatic heterocycles. The van der Waals surface area contributed by atoms with Crippen LogP contribution in [0.15, 0.2) is 65.8 Å². The van der Waals surface area contributed by atoms with Crippen molar-refractivity contribution < 1.29 is 4.79 Å². The van der Waals surface area contributed by atoms with E-state index in [4.69, 9.17) is 0 Å². The fourth-order valence-electron chi connectivity index (χ4n) is 4.36. The number of benzene rings is 2. The SMILES string of the molecule is Cc1nnc(SCC(=O)NC(Cc2ccccc2)C2CCCC2)n1Cc1ccccc1. The molecule has 2 aromatic carbocycles. The Balaban J connectivity index is 1.37. The minimum atomic E-state index is 0.0738. The van der Waals surface area contributed by atoms with E-state index in [0.717, 1.165) is 17.4 Å². The topological polar surface area (TPSA) is 59.8 Å². The van der Waals surface area contributed by atoms with Crippen molar-refractivity contribution in [3.8, 4) is 0 Å². The number of amides is 1. The van der Waals surface area contributed by atoms with Crippen LogP contribution in [0.4, 0.5) is 0 Å². The van der Waals surface area contributed by atoms with Crippen LogP contribution in [-0.2, 0) is 17.8 Å². The molecule has 1 saturated carbocycles. The number of nitrogens with one attached hydrogen (secondary N) is 1. The molecule has 1 heterocycles. The number of nitrogens with zero attached hydrogens (tertiary/aromatic N) is 3. The van der Waals surface area contributed by atoms with Gasteiger partial charge in [0.25, 0.3) is 0 Å². The minimum Gasteiger partial charge on any atom is -0.352 e. The van der Waals surface area contributed by atoms with Crippen molar-refractivity contribution >= 4 is 17.7 Å². The Kier molecular flexibility index (Phi) is 7.41. The molecular weight excluding hydrogens is 404 g/mol. The van der Waals surface area contributed by atoms with Gasteiger partial charge < -0.3 is 9.88 Å². The van der Waals surface area contributed by atoms with Gasteiger partial charge in [-0.25, -0.2) is 0 Å². The molecule has 1 unspecified atom stereocenters. The van der Waals surface area contributed by atoms with Gasteiger partial charge in [0.1, 0.15) is 5.82 Å². The summed E-state index contributed by atoms with van der Waals surface area (Å²) in [5.74, 6) is 1.85.